The summed E-state index contributed by atoms with van der Waals surface area (Å²) < 4.78 is 1.04. The zero-order valence-electron chi connectivity index (χ0n) is 6.47. The van der Waals surface area contributed by atoms with E-state index in [1.54, 1.807) is 6.20 Å². The van der Waals surface area contributed by atoms with Crippen LogP contribution in [0.4, 0.5) is 0 Å². The molecule has 3 nitrogen and oxygen atoms in total. The highest BCUT2D eigenvalue weighted by atomic mass is 79.9. The normalized spacial score (nSPS) is 13.4. The summed E-state index contributed by atoms with van der Waals surface area (Å²) in [5.74, 6) is 0. The summed E-state index contributed by atoms with van der Waals surface area (Å²) >= 11 is 3.38. The van der Waals surface area contributed by atoms with Gasteiger partial charge < -0.3 is 5.73 Å². The molecular formula is C7H12BrN3. The molecule has 11 heavy (non-hydrogen) atoms. The van der Waals surface area contributed by atoms with Crippen LogP contribution in [-0.2, 0) is 6.42 Å². The van der Waals surface area contributed by atoms with E-state index in [1.165, 1.54) is 0 Å². The van der Waals surface area contributed by atoms with Gasteiger partial charge in [-0.1, -0.05) is 0 Å². The second-order valence-corrected chi connectivity index (χ2v) is 3.57. The summed E-state index contributed by atoms with van der Waals surface area (Å²) in [6.45, 7) is 2.00. The Morgan fingerprint density at radius 2 is 2.55 bits per heavy atom. The van der Waals surface area contributed by atoms with Gasteiger partial charge in [0.15, 0.2) is 0 Å². The number of hydrogen-bond donors (Lipinski definition) is 2. The quantitative estimate of drug-likeness (QED) is 0.806. The van der Waals surface area contributed by atoms with Crippen molar-refractivity contribution in [3.8, 4) is 0 Å². The first kappa shape index (κ1) is 8.74. The van der Waals surface area contributed by atoms with Crippen LogP contribution in [0, 0.1) is 0 Å². The Balaban J connectivity index is 2.44. The van der Waals surface area contributed by atoms with Crippen LogP contribution < -0.4 is 5.73 Å². The van der Waals surface area contributed by atoms with E-state index in [9.17, 15) is 0 Å². The standard InChI is InChI=1S/C7H12BrN3/c1-5(9)2-3-7-6(8)4-10-11-7/h4-5H,2-3,9H2,1H3,(H,10,11)/t5-/m0/s1. The Bertz CT molecular complexity index is 219. The summed E-state index contributed by atoms with van der Waals surface area (Å²) in [5.41, 5.74) is 6.74. The van der Waals surface area contributed by atoms with Crippen molar-refractivity contribution in [1.82, 2.24) is 10.2 Å². The number of hydrogen-bond acceptors (Lipinski definition) is 2. The molecule has 62 valence electrons. The second kappa shape index (κ2) is 3.88. The molecule has 1 aromatic rings. The van der Waals surface area contributed by atoms with E-state index in [-0.39, 0.29) is 6.04 Å². The van der Waals surface area contributed by atoms with Crippen LogP contribution >= 0.6 is 15.9 Å². The van der Waals surface area contributed by atoms with E-state index >= 15 is 0 Å². The smallest absolute Gasteiger partial charge is 0.0632 e. The van der Waals surface area contributed by atoms with Crippen molar-refractivity contribution in [2.75, 3.05) is 0 Å². The number of H-pyrrole nitrogens is 1. The minimum atomic E-state index is 0.255. The van der Waals surface area contributed by atoms with Crippen molar-refractivity contribution in [2.24, 2.45) is 5.73 Å². The SMILES string of the molecule is C[C@H](N)CCc1[nH]ncc1Br. The molecule has 0 radical (unpaired) electrons. The Labute approximate surface area is 74.5 Å². The van der Waals surface area contributed by atoms with Crippen molar-refractivity contribution >= 4 is 15.9 Å². The van der Waals surface area contributed by atoms with Crippen LogP contribution in [0.1, 0.15) is 19.0 Å². The highest BCUT2D eigenvalue weighted by Gasteiger charge is 2.02. The van der Waals surface area contributed by atoms with E-state index < -0.39 is 0 Å². The molecule has 0 spiro atoms. The molecule has 1 aromatic heterocycles. The predicted molar refractivity (Wildman–Crippen MR) is 48.3 cm³/mol. The number of nitrogens with two attached hydrogens (primary N) is 1. The lowest BCUT2D eigenvalue weighted by molar-refractivity contribution is 0.656. The molecule has 3 N–H and O–H groups in total. The Morgan fingerprint density at radius 3 is 3.00 bits per heavy atom. The lowest BCUT2D eigenvalue weighted by Crippen LogP contribution is -2.15. The van der Waals surface area contributed by atoms with Gasteiger partial charge in [-0.2, -0.15) is 5.10 Å². The van der Waals surface area contributed by atoms with Crippen molar-refractivity contribution < 1.29 is 0 Å². The number of halogens is 1. The van der Waals surface area contributed by atoms with Crippen LogP contribution in [0.25, 0.3) is 0 Å². The molecular weight excluding hydrogens is 206 g/mol. The Morgan fingerprint density at radius 1 is 1.82 bits per heavy atom. The molecule has 0 saturated heterocycles. The van der Waals surface area contributed by atoms with E-state index in [1.807, 2.05) is 6.92 Å². The molecule has 0 bridgehead atoms. The van der Waals surface area contributed by atoms with Gasteiger partial charge in [-0.25, -0.2) is 0 Å². The molecule has 0 amide bonds. The first-order chi connectivity index (χ1) is 5.20. The fraction of sp³-hybridized carbons (Fsp3) is 0.571. The Kier molecular flexibility index (Phi) is 3.08. The molecule has 0 unspecified atom stereocenters. The minimum Gasteiger partial charge on any atom is -0.328 e. The molecule has 0 aromatic carbocycles. The highest BCUT2D eigenvalue weighted by Crippen LogP contribution is 2.14. The third kappa shape index (κ3) is 2.63. The number of nitrogens with zero attached hydrogens (tertiary/aromatic N) is 1. The Hall–Kier alpha value is -0.350. The fourth-order valence-electron chi connectivity index (χ4n) is 0.846. The molecule has 1 heterocycles. The molecule has 4 heteroatoms. The largest absolute Gasteiger partial charge is 0.328 e. The summed E-state index contributed by atoms with van der Waals surface area (Å²) in [5, 5.41) is 6.80. The second-order valence-electron chi connectivity index (χ2n) is 2.71. The molecule has 1 rings (SSSR count). The zero-order chi connectivity index (χ0) is 8.27. The molecule has 0 aliphatic rings. The number of aromatic amines is 1. The molecule has 1 atom stereocenters. The van der Waals surface area contributed by atoms with Gasteiger partial charge in [0.05, 0.1) is 10.7 Å². The van der Waals surface area contributed by atoms with Crippen LogP contribution in [0.2, 0.25) is 0 Å². The third-order valence-electron chi connectivity index (χ3n) is 1.52. The minimum absolute atomic E-state index is 0.255. The van der Waals surface area contributed by atoms with Gasteiger partial charge >= 0.3 is 0 Å². The summed E-state index contributed by atoms with van der Waals surface area (Å²) in [6.07, 6.45) is 3.70. The summed E-state index contributed by atoms with van der Waals surface area (Å²) in [4.78, 5) is 0. The lowest BCUT2D eigenvalue weighted by Gasteiger charge is -2.02. The van der Waals surface area contributed by atoms with Gasteiger partial charge in [0.2, 0.25) is 0 Å². The predicted octanol–water partition coefficient (Wildman–Crippen LogP) is 1.45. The van der Waals surface area contributed by atoms with E-state index in [2.05, 4.69) is 26.1 Å². The van der Waals surface area contributed by atoms with Gasteiger partial charge in [-0.05, 0) is 35.7 Å². The highest BCUT2D eigenvalue weighted by molar-refractivity contribution is 9.10. The topological polar surface area (TPSA) is 54.7 Å². The van der Waals surface area contributed by atoms with Gasteiger partial charge in [0.1, 0.15) is 0 Å². The lowest BCUT2D eigenvalue weighted by atomic mass is 10.1. The number of rotatable bonds is 3. The molecule has 0 aliphatic heterocycles. The fourth-order valence-corrected chi connectivity index (χ4v) is 1.23. The maximum atomic E-state index is 5.61. The van der Waals surface area contributed by atoms with Gasteiger partial charge in [-0.15, -0.1) is 0 Å². The van der Waals surface area contributed by atoms with Gasteiger partial charge in [0, 0.05) is 11.7 Å². The number of aryl methyl sites for hydroxylation is 1. The molecule has 0 fully saturated rings. The van der Waals surface area contributed by atoms with Crippen LogP contribution in [-0.4, -0.2) is 16.2 Å². The van der Waals surface area contributed by atoms with E-state index in [4.69, 9.17) is 5.73 Å². The van der Waals surface area contributed by atoms with Crippen molar-refractivity contribution in [2.45, 2.75) is 25.8 Å². The first-order valence-corrected chi connectivity index (χ1v) is 4.42. The van der Waals surface area contributed by atoms with Crippen molar-refractivity contribution in [1.29, 1.82) is 0 Å². The van der Waals surface area contributed by atoms with Crippen molar-refractivity contribution in [3.05, 3.63) is 16.4 Å². The zero-order valence-corrected chi connectivity index (χ0v) is 8.06. The summed E-state index contributed by atoms with van der Waals surface area (Å²) in [6, 6.07) is 0.255. The third-order valence-corrected chi connectivity index (χ3v) is 2.20. The maximum absolute atomic E-state index is 5.61. The number of nitrogens with one attached hydrogen (secondary N) is 1. The van der Waals surface area contributed by atoms with Crippen molar-refractivity contribution in [3.63, 3.8) is 0 Å². The van der Waals surface area contributed by atoms with E-state index in [0.29, 0.717) is 0 Å². The molecule has 0 aliphatic carbocycles. The summed E-state index contributed by atoms with van der Waals surface area (Å²) in [7, 11) is 0. The van der Waals surface area contributed by atoms with Gasteiger partial charge in [-0.3, -0.25) is 5.10 Å². The monoisotopic (exact) mass is 217 g/mol. The maximum Gasteiger partial charge on any atom is 0.0632 e. The van der Waals surface area contributed by atoms with Crippen LogP contribution in [0.15, 0.2) is 10.7 Å². The molecule has 0 saturated carbocycles. The first-order valence-electron chi connectivity index (χ1n) is 3.63. The number of aromatic nitrogens is 2. The average molecular weight is 218 g/mol. The van der Waals surface area contributed by atoms with E-state index in [0.717, 1.165) is 23.0 Å². The van der Waals surface area contributed by atoms with Gasteiger partial charge in [0.25, 0.3) is 0 Å². The van der Waals surface area contributed by atoms with Crippen LogP contribution in [0.3, 0.4) is 0 Å². The van der Waals surface area contributed by atoms with Crippen LogP contribution in [0.5, 0.6) is 0 Å². The average Bonchev–Trinajstić information content (AvgIpc) is 2.31.